The Bertz CT molecular complexity index is 270. The average Bonchev–Trinajstić information content (AvgIpc) is 2.61. The lowest BCUT2D eigenvalue weighted by Gasteiger charge is -2.15. The normalized spacial score (nSPS) is 45.5. The second kappa shape index (κ2) is 3.08. The first-order valence-electron chi connectivity index (χ1n) is 4.61. The summed E-state index contributed by atoms with van der Waals surface area (Å²) < 4.78 is 15.2. The van der Waals surface area contributed by atoms with Gasteiger partial charge in [-0.25, -0.2) is 4.79 Å². The maximum absolute atomic E-state index is 11.4. The van der Waals surface area contributed by atoms with Crippen LogP contribution in [0.4, 0.5) is 0 Å². The topological polar surface area (TPSA) is 48.1 Å². The van der Waals surface area contributed by atoms with Crippen LogP contribution >= 0.6 is 11.6 Å². The highest BCUT2D eigenvalue weighted by Crippen LogP contribution is 2.61. The van der Waals surface area contributed by atoms with E-state index in [4.69, 9.17) is 21.1 Å². The highest BCUT2D eigenvalue weighted by atomic mass is 35.5. The van der Waals surface area contributed by atoms with Crippen LogP contribution in [0, 0.1) is 0 Å². The van der Waals surface area contributed by atoms with Crippen LogP contribution in [0.2, 0.25) is 0 Å². The van der Waals surface area contributed by atoms with Gasteiger partial charge < -0.3 is 14.2 Å². The van der Waals surface area contributed by atoms with E-state index in [2.05, 4.69) is 4.74 Å². The predicted octanol–water partition coefficient (Wildman–Crippen LogP) is 1.06. The van der Waals surface area contributed by atoms with Gasteiger partial charge in [0.05, 0.1) is 13.2 Å². The van der Waals surface area contributed by atoms with E-state index in [9.17, 15) is 4.79 Å². The lowest BCUT2D eigenvalue weighted by molar-refractivity contribution is -0.143. The minimum Gasteiger partial charge on any atom is -0.466 e. The predicted molar refractivity (Wildman–Crippen MR) is 49.1 cm³/mol. The van der Waals surface area contributed by atoms with Crippen molar-refractivity contribution in [2.75, 3.05) is 14.2 Å². The lowest BCUT2D eigenvalue weighted by Crippen LogP contribution is -2.36. The largest absolute Gasteiger partial charge is 0.466 e. The van der Waals surface area contributed by atoms with E-state index in [0.29, 0.717) is 0 Å². The van der Waals surface area contributed by atoms with E-state index < -0.39 is 16.6 Å². The second-order valence-corrected chi connectivity index (χ2v) is 4.23. The molecule has 1 aliphatic heterocycles. The number of alkyl halides is 1. The van der Waals surface area contributed by atoms with E-state index in [1.807, 2.05) is 0 Å². The van der Waals surface area contributed by atoms with Gasteiger partial charge in [0.15, 0.2) is 5.60 Å². The molecule has 4 nitrogen and oxygen atoms in total. The molecule has 0 radical (unpaired) electrons. The molecule has 2 fully saturated rings. The van der Waals surface area contributed by atoms with Crippen LogP contribution in [0.15, 0.2) is 0 Å². The van der Waals surface area contributed by atoms with Crippen molar-refractivity contribution in [3.8, 4) is 0 Å². The number of halogens is 1. The second-order valence-electron chi connectivity index (χ2n) is 3.69. The zero-order valence-electron chi connectivity index (χ0n) is 8.21. The standard InChI is InChI=1S/C9H13ClO4/c1-12-6-4-3-5-8(6)9(10,14-8)7(11)13-2/h6H,3-5H2,1-2H3. The molecule has 0 N–H and O–H groups in total. The molecule has 1 aliphatic carbocycles. The Kier molecular flexibility index (Phi) is 2.25. The van der Waals surface area contributed by atoms with Gasteiger partial charge in [-0.15, -0.1) is 0 Å². The zero-order valence-corrected chi connectivity index (χ0v) is 8.97. The highest BCUT2D eigenvalue weighted by Gasteiger charge is 2.79. The maximum atomic E-state index is 11.4. The van der Waals surface area contributed by atoms with Gasteiger partial charge in [-0.3, -0.25) is 0 Å². The maximum Gasteiger partial charge on any atom is 0.357 e. The monoisotopic (exact) mass is 220 g/mol. The fourth-order valence-corrected chi connectivity index (χ4v) is 2.74. The molecule has 2 rings (SSSR count). The smallest absolute Gasteiger partial charge is 0.357 e. The molecular formula is C9H13ClO4. The van der Waals surface area contributed by atoms with Crippen molar-refractivity contribution >= 4 is 17.6 Å². The van der Waals surface area contributed by atoms with E-state index in [1.54, 1.807) is 7.11 Å². The number of ether oxygens (including phenoxy) is 3. The Morgan fingerprint density at radius 3 is 2.86 bits per heavy atom. The third kappa shape index (κ3) is 1.05. The zero-order chi connectivity index (χ0) is 10.4. The van der Waals surface area contributed by atoms with E-state index in [1.165, 1.54) is 7.11 Å². The minimum atomic E-state index is -1.31. The summed E-state index contributed by atoms with van der Waals surface area (Å²) in [5.74, 6) is -0.525. The van der Waals surface area contributed by atoms with Crippen molar-refractivity contribution in [1.82, 2.24) is 0 Å². The molecule has 1 spiro atoms. The Morgan fingerprint density at radius 2 is 2.29 bits per heavy atom. The number of hydrogen-bond acceptors (Lipinski definition) is 4. The molecule has 0 aromatic heterocycles. The number of carbonyl (C=O) groups is 1. The molecule has 0 amide bonds. The molecule has 14 heavy (non-hydrogen) atoms. The van der Waals surface area contributed by atoms with Gasteiger partial charge in [-0.2, -0.15) is 0 Å². The van der Waals surface area contributed by atoms with Crippen LogP contribution in [0.5, 0.6) is 0 Å². The van der Waals surface area contributed by atoms with Crippen molar-refractivity contribution in [3.05, 3.63) is 0 Å². The molecule has 3 atom stereocenters. The molecule has 1 saturated carbocycles. The summed E-state index contributed by atoms with van der Waals surface area (Å²) in [7, 11) is 2.91. The number of methoxy groups -OCH3 is 2. The molecule has 0 aromatic carbocycles. The van der Waals surface area contributed by atoms with Gasteiger partial charge in [-0.05, 0) is 19.3 Å². The van der Waals surface area contributed by atoms with Gasteiger partial charge in [0.25, 0.3) is 5.06 Å². The Morgan fingerprint density at radius 1 is 1.57 bits per heavy atom. The fraction of sp³-hybridized carbons (Fsp3) is 0.889. The van der Waals surface area contributed by atoms with E-state index >= 15 is 0 Å². The molecule has 2 aliphatic rings. The first kappa shape index (κ1) is 10.2. The van der Waals surface area contributed by atoms with Crippen molar-refractivity contribution in [2.24, 2.45) is 0 Å². The summed E-state index contributed by atoms with van der Waals surface area (Å²) in [6.45, 7) is 0. The quantitative estimate of drug-likeness (QED) is 0.397. The molecule has 1 saturated heterocycles. The number of esters is 1. The van der Waals surface area contributed by atoms with Gasteiger partial charge >= 0.3 is 5.97 Å². The molecule has 0 bridgehead atoms. The van der Waals surface area contributed by atoms with Gasteiger partial charge in [0.1, 0.15) is 0 Å². The third-order valence-electron chi connectivity index (χ3n) is 3.09. The summed E-state index contributed by atoms with van der Waals surface area (Å²) in [5.41, 5.74) is -0.642. The summed E-state index contributed by atoms with van der Waals surface area (Å²) in [6, 6.07) is 0. The van der Waals surface area contributed by atoms with Gasteiger partial charge in [0.2, 0.25) is 0 Å². The summed E-state index contributed by atoms with van der Waals surface area (Å²) in [6.07, 6.45) is 2.50. The molecule has 5 heteroatoms. The number of rotatable bonds is 2. The minimum absolute atomic E-state index is 0.0981. The summed E-state index contributed by atoms with van der Waals surface area (Å²) in [5, 5.41) is -1.31. The highest BCUT2D eigenvalue weighted by molar-refractivity contribution is 6.36. The molecule has 80 valence electrons. The van der Waals surface area contributed by atoms with Crippen LogP contribution in [-0.4, -0.2) is 37.0 Å². The lowest BCUT2D eigenvalue weighted by atomic mass is 10.0. The molecular weight excluding hydrogens is 208 g/mol. The van der Waals surface area contributed by atoms with Crippen LogP contribution in [-0.2, 0) is 19.0 Å². The first-order chi connectivity index (χ1) is 6.60. The van der Waals surface area contributed by atoms with Crippen molar-refractivity contribution in [1.29, 1.82) is 0 Å². The molecule has 1 heterocycles. The van der Waals surface area contributed by atoms with Crippen LogP contribution in [0.1, 0.15) is 19.3 Å². The number of hydrogen-bond donors (Lipinski definition) is 0. The van der Waals surface area contributed by atoms with E-state index in [0.717, 1.165) is 19.3 Å². The van der Waals surface area contributed by atoms with Crippen molar-refractivity contribution in [3.63, 3.8) is 0 Å². The third-order valence-corrected chi connectivity index (χ3v) is 3.64. The van der Waals surface area contributed by atoms with Crippen molar-refractivity contribution in [2.45, 2.75) is 36.0 Å². The van der Waals surface area contributed by atoms with Gasteiger partial charge in [0, 0.05) is 7.11 Å². The first-order valence-corrected chi connectivity index (χ1v) is 4.99. The van der Waals surface area contributed by atoms with Crippen molar-refractivity contribution < 1.29 is 19.0 Å². The van der Waals surface area contributed by atoms with E-state index in [-0.39, 0.29) is 6.10 Å². The van der Waals surface area contributed by atoms with Crippen LogP contribution < -0.4 is 0 Å². The van der Waals surface area contributed by atoms with Crippen LogP contribution in [0.25, 0.3) is 0 Å². The van der Waals surface area contributed by atoms with Crippen LogP contribution in [0.3, 0.4) is 0 Å². The Hall–Kier alpha value is -0.320. The number of carbonyl (C=O) groups excluding carboxylic acids is 1. The Labute approximate surface area is 87.5 Å². The SMILES string of the molecule is COC(=O)C1(Cl)OC12CCCC2OC. The van der Waals surface area contributed by atoms with Gasteiger partial charge in [-0.1, -0.05) is 11.6 Å². The summed E-state index contributed by atoms with van der Waals surface area (Å²) in [4.78, 5) is 11.4. The summed E-state index contributed by atoms with van der Waals surface area (Å²) >= 11 is 6.05. The molecule has 3 unspecified atom stereocenters. The Balaban J connectivity index is 2.18. The number of epoxide rings is 1. The molecule has 0 aromatic rings. The average molecular weight is 221 g/mol. The fourth-order valence-electron chi connectivity index (χ4n) is 2.31.